The fraction of sp³-hybridized carbons (Fsp3) is 0.944. The number of carbonyl (C=O) groups excluding carboxylic acids is 1. The van der Waals surface area contributed by atoms with Crippen LogP contribution in [-0.2, 0) is 4.79 Å². The molecule has 3 nitrogen and oxygen atoms in total. The van der Waals surface area contributed by atoms with Gasteiger partial charge in [0, 0.05) is 24.9 Å². The monoisotopic (exact) mass is 294 g/mol. The molecule has 0 amide bonds. The molecule has 0 saturated carbocycles. The predicted molar refractivity (Wildman–Crippen MR) is 88.6 cm³/mol. The first-order valence-electron chi connectivity index (χ1n) is 8.94. The molecule has 0 N–H and O–H groups in total. The smallest absolute Gasteiger partial charge is 0.134 e. The van der Waals surface area contributed by atoms with E-state index in [4.69, 9.17) is 0 Å². The highest BCUT2D eigenvalue weighted by molar-refractivity contribution is 5.78. The fourth-order valence-electron chi connectivity index (χ4n) is 3.70. The van der Waals surface area contributed by atoms with E-state index in [-0.39, 0.29) is 5.54 Å². The summed E-state index contributed by atoms with van der Waals surface area (Å²) in [7, 11) is 0. The Morgan fingerprint density at radius 2 is 1.62 bits per heavy atom. The van der Waals surface area contributed by atoms with Crippen LogP contribution in [0.3, 0.4) is 0 Å². The van der Waals surface area contributed by atoms with Gasteiger partial charge in [-0.05, 0) is 78.6 Å². The number of Topliss-reactive ketones (excluding diaryl/α,β-unsaturated/α-hetero) is 1. The Morgan fingerprint density at radius 3 is 2.19 bits per heavy atom. The van der Waals surface area contributed by atoms with Crippen molar-refractivity contribution in [2.45, 2.75) is 71.3 Å². The lowest BCUT2D eigenvalue weighted by Gasteiger charge is -2.40. The van der Waals surface area contributed by atoms with Gasteiger partial charge in [0.15, 0.2) is 0 Å². The van der Waals surface area contributed by atoms with E-state index in [1.165, 1.54) is 45.2 Å². The van der Waals surface area contributed by atoms with Crippen molar-refractivity contribution < 1.29 is 4.79 Å². The Hall–Kier alpha value is -0.410. The first-order valence-corrected chi connectivity index (χ1v) is 8.94. The third-order valence-electron chi connectivity index (χ3n) is 5.24. The molecule has 122 valence electrons. The number of hydrogen-bond donors (Lipinski definition) is 0. The second-order valence-corrected chi connectivity index (χ2v) is 8.00. The summed E-state index contributed by atoms with van der Waals surface area (Å²) in [6.45, 7) is 12.6. The summed E-state index contributed by atoms with van der Waals surface area (Å²) >= 11 is 0. The van der Waals surface area contributed by atoms with Crippen LogP contribution in [0.1, 0.15) is 65.7 Å². The maximum absolute atomic E-state index is 12.2. The van der Waals surface area contributed by atoms with Crippen molar-refractivity contribution in [1.82, 2.24) is 9.80 Å². The molecule has 0 atom stereocenters. The van der Waals surface area contributed by atoms with E-state index in [1.807, 2.05) is 0 Å². The van der Waals surface area contributed by atoms with E-state index >= 15 is 0 Å². The second kappa shape index (κ2) is 7.73. The van der Waals surface area contributed by atoms with Gasteiger partial charge in [-0.3, -0.25) is 9.69 Å². The van der Waals surface area contributed by atoms with Crippen molar-refractivity contribution >= 4 is 5.78 Å². The van der Waals surface area contributed by atoms with Gasteiger partial charge in [0.05, 0.1) is 0 Å². The highest BCUT2D eigenvalue weighted by atomic mass is 16.1. The first kappa shape index (κ1) is 17.0. The Kier molecular flexibility index (Phi) is 6.24. The average Bonchev–Trinajstić information content (AvgIpc) is 2.46. The van der Waals surface area contributed by atoms with Gasteiger partial charge in [-0.2, -0.15) is 0 Å². The third-order valence-corrected chi connectivity index (χ3v) is 5.24. The van der Waals surface area contributed by atoms with Crippen LogP contribution in [0, 0.1) is 5.92 Å². The van der Waals surface area contributed by atoms with Crippen molar-refractivity contribution in [3.05, 3.63) is 0 Å². The Balaban J connectivity index is 1.62. The molecule has 0 bridgehead atoms. The van der Waals surface area contributed by atoms with Gasteiger partial charge in [0.2, 0.25) is 0 Å². The standard InChI is InChI=1S/C18H34N2O/c1-18(2,3)20-13-7-16(8-14-20)15-17(21)9-12-19-10-5-4-6-11-19/h16H,4-15H2,1-3H3. The largest absolute Gasteiger partial charge is 0.303 e. The molecule has 2 fully saturated rings. The van der Waals surface area contributed by atoms with E-state index in [1.54, 1.807) is 0 Å². The summed E-state index contributed by atoms with van der Waals surface area (Å²) in [5, 5.41) is 0. The minimum absolute atomic E-state index is 0.281. The molecule has 2 aliphatic rings. The quantitative estimate of drug-likeness (QED) is 0.777. The molecular formula is C18H34N2O. The summed E-state index contributed by atoms with van der Waals surface area (Å²) in [4.78, 5) is 17.2. The highest BCUT2D eigenvalue weighted by Crippen LogP contribution is 2.26. The van der Waals surface area contributed by atoms with Crippen molar-refractivity contribution in [2.75, 3.05) is 32.7 Å². The molecule has 21 heavy (non-hydrogen) atoms. The van der Waals surface area contributed by atoms with Crippen molar-refractivity contribution in [3.8, 4) is 0 Å². The lowest BCUT2D eigenvalue weighted by atomic mass is 9.89. The van der Waals surface area contributed by atoms with Crippen LogP contribution in [-0.4, -0.2) is 53.8 Å². The first-order chi connectivity index (χ1) is 9.95. The molecule has 2 rings (SSSR count). The van der Waals surface area contributed by atoms with Crippen molar-refractivity contribution in [1.29, 1.82) is 0 Å². The van der Waals surface area contributed by atoms with Crippen LogP contribution in [0.25, 0.3) is 0 Å². The molecule has 2 heterocycles. The maximum atomic E-state index is 12.2. The van der Waals surface area contributed by atoms with Gasteiger partial charge in [-0.25, -0.2) is 0 Å². The average molecular weight is 294 g/mol. The van der Waals surface area contributed by atoms with E-state index in [0.717, 1.165) is 32.5 Å². The summed E-state index contributed by atoms with van der Waals surface area (Å²) < 4.78 is 0. The molecule has 0 aromatic heterocycles. The van der Waals surface area contributed by atoms with Gasteiger partial charge in [-0.15, -0.1) is 0 Å². The molecule has 0 aromatic carbocycles. The molecule has 2 aliphatic heterocycles. The van der Waals surface area contributed by atoms with Gasteiger partial charge in [-0.1, -0.05) is 6.42 Å². The normalized spacial score (nSPS) is 23.4. The lowest BCUT2D eigenvalue weighted by molar-refractivity contribution is -0.120. The molecule has 0 aromatic rings. The minimum Gasteiger partial charge on any atom is -0.303 e. The molecular weight excluding hydrogens is 260 g/mol. The van der Waals surface area contributed by atoms with Crippen LogP contribution in [0.5, 0.6) is 0 Å². The van der Waals surface area contributed by atoms with E-state index in [9.17, 15) is 4.79 Å². The molecule has 0 radical (unpaired) electrons. The SMILES string of the molecule is CC(C)(C)N1CCC(CC(=O)CCN2CCCCC2)CC1. The number of likely N-dealkylation sites (tertiary alicyclic amines) is 2. The third kappa shape index (κ3) is 5.71. The molecule has 0 aliphatic carbocycles. The molecule has 3 heteroatoms. The number of carbonyl (C=O) groups is 1. The van der Waals surface area contributed by atoms with Crippen LogP contribution in [0.2, 0.25) is 0 Å². The molecule has 0 unspecified atom stereocenters. The van der Waals surface area contributed by atoms with E-state index in [0.29, 0.717) is 11.7 Å². The number of hydrogen-bond acceptors (Lipinski definition) is 3. The number of nitrogens with zero attached hydrogens (tertiary/aromatic N) is 2. The second-order valence-electron chi connectivity index (χ2n) is 8.00. The van der Waals surface area contributed by atoms with Crippen molar-refractivity contribution in [2.24, 2.45) is 5.92 Å². The zero-order chi connectivity index (χ0) is 15.3. The molecule has 2 saturated heterocycles. The van der Waals surface area contributed by atoms with Gasteiger partial charge < -0.3 is 4.90 Å². The van der Waals surface area contributed by atoms with Crippen LogP contribution in [0.4, 0.5) is 0 Å². The number of rotatable bonds is 5. The predicted octanol–water partition coefficient (Wildman–Crippen LogP) is 3.33. The van der Waals surface area contributed by atoms with E-state index < -0.39 is 0 Å². The topological polar surface area (TPSA) is 23.6 Å². The summed E-state index contributed by atoms with van der Waals surface area (Å²) in [6.07, 6.45) is 8.01. The number of ketones is 1. The number of piperidine rings is 2. The fourth-order valence-corrected chi connectivity index (χ4v) is 3.70. The Labute approximate surface area is 131 Å². The van der Waals surface area contributed by atoms with Crippen LogP contribution < -0.4 is 0 Å². The van der Waals surface area contributed by atoms with Crippen molar-refractivity contribution in [3.63, 3.8) is 0 Å². The highest BCUT2D eigenvalue weighted by Gasteiger charge is 2.27. The summed E-state index contributed by atoms with van der Waals surface area (Å²) in [5.74, 6) is 1.13. The Bertz CT molecular complexity index is 321. The minimum atomic E-state index is 0.281. The van der Waals surface area contributed by atoms with Crippen LogP contribution in [0.15, 0.2) is 0 Å². The zero-order valence-electron chi connectivity index (χ0n) is 14.4. The van der Waals surface area contributed by atoms with Gasteiger partial charge in [0.25, 0.3) is 0 Å². The summed E-state index contributed by atoms with van der Waals surface area (Å²) in [5.41, 5.74) is 0.281. The van der Waals surface area contributed by atoms with Gasteiger partial charge in [0.1, 0.15) is 5.78 Å². The zero-order valence-corrected chi connectivity index (χ0v) is 14.4. The maximum Gasteiger partial charge on any atom is 0.134 e. The molecule has 0 spiro atoms. The van der Waals surface area contributed by atoms with E-state index in [2.05, 4.69) is 30.6 Å². The Morgan fingerprint density at radius 1 is 1.00 bits per heavy atom. The lowest BCUT2D eigenvalue weighted by Crippen LogP contribution is -2.46. The summed E-state index contributed by atoms with van der Waals surface area (Å²) in [6, 6.07) is 0. The van der Waals surface area contributed by atoms with Gasteiger partial charge >= 0.3 is 0 Å². The van der Waals surface area contributed by atoms with Crippen LogP contribution >= 0.6 is 0 Å².